The van der Waals surface area contributed by atoms with E-state index in [0.29, 0.717) is 11.3 Å². The lowest BCUT2D eigenvalue weighted by atomic mass is 10.1. The Morgan fingerprint density at radius 3 is 2.86 bits per heavy atom. The van der Waals surface area contributed by atoms with Gasteiger partial charge in [-0.25, -0.2) is 9.59 Å². The number of oxazole rings is 1. The molecule has 0 spiro atoms. The smallest absolute Gasteiger partial charge is 0.360 e. The minimum absolute atomic E-state index is 0.0462. The van der Waals surface area contributed by atoms with E-state index in [2.05, 4.69) is 10.3 Å². The number of carboxylic acids is 1. The lowest BCUT2D eigenvalue weighted by Crippen LogP contribution is -2.05. The summed E-state index contributed by atoms with van der Waals surface area (Å²) >= 11 is 0. The molecule has 1 aromatic carbocycles. The first-order chi connectivity index (χ1) is 10.0. The molecule has 0 saturated heterocycles. The number of aromatic nitrogens is 1. The average molecular weight is 290 g/mol. The summed E-state index contributed by atoms with van der Waals surface area (Å²) in [5.74, 6) is -1.60. The first kappa shape index (κ1) is 14.6. The molecule has 0 bridgehead atoms. The van der Waals surface area contributed by atoms with Crippen molar-refractivity contribution < 1.29 is 23.8 Å². The van der Waals surface area contributed by atoms with Crippen molar-refractivity contribution in [3.63, 3.8) is 0 Å². The third kappa shape index (κ3) is 3.38. The monoisotopic (exact) mass is 290 g/mol. The number of carbonyl (C=O) groups excluding carboxylic acids is 1. The fourth-order valence-electron chi connectivity index (χ4n) is 1.68. The third-order valence-electron chi connectivity index (χ3n) is 2.71. The number of hydrogen-bond donors (Lipinski definition) is 2. The Morgan fingerprint density at radius 2 is 2.19 bits per heavy atom. The van der Waals surface area contributed by atoms with Gasteiger partial charge >= 0.3 is 11.9 Å². The van der Waals surface area contributed by atoms with Crippen LogP contribution in [0.2, 0.25) is 0 Å². The highest BCUT2D eigenvalue weighted by atomic mass is 16.5. The molecule has 0 saturated carbocycles. The molecule has 2 aromatic rings. The molecule has 0 unspecified atom stereocenters. The van der Waals surface area contributed by atoms with Gasteiger partial charge in [-0.15, -0.1) is 0 Å². The minimum atomic E-state index is -1.02. The van der Waals surface area contributed by atoms with Crippen LogP contribution in [0.1, 0.15) is 33.3 Å². The molecule has 0 fully saturated rings. The number of anilines is 2. The Hall–Kier alpha value is -2.83. The van der Waals surface area contributed by atoms with Crippen LogP contribution in [-0.2, 0) is 4.74 Å². The van der Waals surface area contributed by atoms with Gasteiger partial charge in [0.2, 0.25) is 0 Å². The van der Waals surface area contributed by atoms with E-state index in [9.17, 15) is 9.59 Å². The molecular formula is C14H14N2O5. The van der Waals surface area contributed by atoms with Gasteiger partial charge in [0.25, 0.3) is 6.01 Å². The second-order valence-corrected chi connectivity index (χ2v) is 4.22. The number of nitrogens with one attached hydrogen (secondary N) is 1. The van der Waals surface area contributed by atoms with Crippen LogP contribution in [0.5, 0.6) is 0 Å². The Balaban J connectivity index is 2.17. The lowest BCUT2D eigenvalue weighted by Gasteiger charge is -2.05. The van der Waals surface area contributed by atoms with Gasteiger partial charge in [0, 0.05) is 5.69 Å². The molecule has 0 radical (unpaired) electrons. The van der Waals surface area contributed by atoms with Gasteiger partial charge in [-0.05, 0) is 31.5 Å². The second-order valence-electron chi connectivity index (χ2n) is 4.22. The van der Waals surface area contributed by atoms with Crippen LogP contribution in [-0.4, -0.2) is 28.6 Å². The van der Waals surface area contributed by atoms with Gasteiger partial charge in [-0.1, -0.05) is 6.07 Å². The highest BCUT2D eigenvalue weighted by Crippen LogP contribution is 2.20. The Kier molecular flexibility index (Phi) is 4.22. The van der Waals surface area contributed by atoms with Gasteiger partial charge in [-0.2, -0.15) is 4.98 Å². The van der Waals surface area contributed by atoms with Crippen molar-refractivity contribution in [1.29, 1.82) is 0 Å². The maximum absolute atomic E-state index is 11.4. The summed E-state index contributed by atoms with van der Waals surface area (Å²) in [6.45, 7) is 3.64. The fraction of sp³-hybridized carbons (Fsp3) is 0.214. The number of aryl methyl sites for hydroxylation is 1. The Bertz CT molecular complexity index is 678. The maximum atomic E-state index is 11.4. The van der Waals surface area contributed by atoms with Crippen LogP contribution in [0.15, 0.2) is 28.9 Å². The second kappa shape index (κ2) is 6.08. The van der Waals surface area contributed by atoms with Crippen molar-refractivity contribution in [2.75, 3.05) is 11.9 Å². The van der Waals surface area contributed by atoms with Crippen molar-refractivity contribution in [1.82, 2.24) is 4.98 Å². The molecule has 1 heterocycles. The number of carbonyl (C=O) groups is 2. The van der Waals surface area contributed by atoms with Gasteiger partial charge in [0.1, 0.15) is 6.26 Å². The number of aromatic carboxylic acids is 1. The predicted octanol–water partition coefficient (Wildman–Crippen LogP) is 2.60. The zero-order valence-corrected chi connectivity index (χ0v) is 11.5. The van der Waals surface area contributed by atoms with E-state index in [4.69, 9.17) is 14.3 Å². The van der Waals surface area contributed by atoms with E-state index in [1.165, 1.54) is 12.3 Å². The first-order valence-electron chi connectivity index (χ1n) is 6.25. The molecule has 21 heavy (non-hydrogen) atoms. The van der Waals surface area contributed by atoms with Crippen LogP contribution in [0.4, 0.5) is 11.7 Å². The number of esters is 1. The standard InChI is InChI=1S/C14H14N2O5/c1-3-20-13(19)11-7-21-14(16-11)15-9-5-4-8(2)10(6-9)12(17)18/h4-7H,3H2,1-2H3,(H,15,16)(H,17,18). The Labute approximate surface area is 120 Å². The van der Waals surface area contributed by atoms with Gasteiger partial charge in [-0.3, -0.25) is 0 Å². The lowest BCUT2D eigenvalue weighted by molar-refractivity contribution is 0.0519. The highest BCUT2D eigenvalue weighted by Gasteiger charge is 2.14. The fourth-order valence-corrected chi connectivity index (χ4v) is 1.68. The van der Waals surface area contributed by atoms with Crippen LogP contribution in [0, 0.1) is 6.92 Å². The SMILES string of the molecule is CCOC(=O)c1coc(Nc2ccc(C)c(C(=O)O)c2)n1. The average Bonchev–Trinajstić information content (AvgIpc) is 2.89. The van der Waals surface area contributed by atoms with E-state index in [1.54, 1.807) is 26.0 Å². The molecule has 7 heteroatoms. The first-order valence-corrected chi connectivity index (χ1v) is 6.25. The van der Waals surface area contributed by atoms with Crippen molar-refractivity contribution >= 4 is 23.6 Å². The normalized spacial score (nSPS) is 10.2. The molecule has 110 valence electrons. The molecule has 0 atom stereocenters. The van der Waals surface area contributed by atoms with E-state index >= 15 is 0 Å². The zero-order valence-electron chi connectivity index (χ0n) is 11.5. The van der Waals surface area contributed by atoms with Gasteiger partial charge < -0.3 is 19.6 Å². The summed E-state index contributed by atoms with van der Waals surface area (Å²) in [6.07, 6.45) is 1.17. The number of rotatable bonds is 5. The predicted molar refractivity (Wildman–Crippen MR) is 73.9 cm³/mol. The third-order valence-corrected chi connectivity index (χ3v) is 2.71. The number of hydrogen-bond acceptors (Lipinski definition) is 6. The van der Waals surface area contributed by atoms with E-state index in [1.807, 2.05) is 0 Å². The molecule has 2 N–H and O–H groups in total. The zero-order chi connectivity index (χ0) is 15.4. The molecule has 0 amide bonds. The topological polar surface area (TPSA) is 102 Å². The highest BCUT2D eigenvalue weighted by molar-refractivity contribution is 5.91. The summed E-state index contributed by atoms with van der Waals surface area (Å²) in [5, 5.41) is 11.9. The number of ether oxygens (including phenoxy) is 1. The van der Waals surface area contributed by atoms with Crippen molar-refractivity contribution in [3.8, 4) is 0 Å². The quantitative estimate of drug-likeness (QED) is 0.816. The molecule has 7 nitrogen and oxygen atoms in total. The summed E-state index contributed by atoms with van der Waals surface area (Å²) in [4.78, 5) is 26.4. The number of benzene rings is 1. The van der Waals surface area contributed by atoms with Crippen LogP contribution >= 0.6 is 0 Å². The summed E-state index contributed by atoms with van der Waals surface area (Å²) in [6, 6.07) is 4.90. The van der Waals surface area contributed by atoms with Crippen molar-refractivity contribution in [3.05, 3.63) is 41.3 Å². The molecule has 0 aliphatic rings. The van der Waals surface area contributed by atoms with Crippen molar-refractivity contribution in [2.45, 2.75) is 13.8 Å². The summed E-state index contributed by atoms with van der Waals surface area (Å²) in [7, 11) is 0. The number of carboxylic acid groups (broad SMARTS) is 1. The van der Waals surface area contributed by atoms with E-state index < -0.39 is 11.9 Å². The molecule has 1 aromatic heterocycles. The van der Waals surface area contributed by atoms with Crippen LogP contribution in [0.3, 0.4) is 0 Å². The van der Waals surface area contributed by atoms with Crippen molar-refractivity contribution in [2.24, 2.45) is 0 Å². The van der Waals surface area contributed by atoms with Crippen LogP contribution in [0.25, 0.3) is 0 Å². The van der Waals surface area contributed by atoms with Crippen LogP contribution < -0.4 is 5.32 Å². The molecule has 0 aliphatic carbocycles. The minimum Gasteiger partial charge on any atom is -0.478 e. The van der Waals surface area contributed by atoms with E-state index in [-0.39, 0.29) is 23.9 Å². The molecular weight excluding hydrogens is 276 g/mol. The summed E-state index contributed by atoms with van der Waals surface area (Å²) < 4.78 is 9.89. The van der Waals surface area contributed by atoms with Gasteiger partial charge in [0.05, 0.1) is 12.2 Å². The largest absolute Gasteiger partial charge is 0.478 e. The maximum Gasteiger partial charge on any atom is 0.360 e. The number of nitrogens with zero attached hydrogens (tertiary/aromatic N) is 1. The van der Waals surface area contributed by atoms with Gasteiger partial charge in [0.15, 0.2) is 5.69 Å². The molecule has 2 rings (SSSR count). The van der Waals surface area contributed by atoms with E-state index in [0.717, 1.165) is 0 Å². The summed E-state index contributed by atoms with van der Waals surface area (Å²) in [5.41, 5.74) is 1.37. The Morgan fingerprint density at radius 1 is 1.43 bits per heavy atom. The molecule has 0 aliphatic heterocycles.